The lowest BCUT2D eigenvalue weighted by Crippen LogP contribution is -2.42. The number of nitrogens with zero attached hydrogens (tertiary/aromatic N) is 3. The Morgan fingerprint density at radius 2 is 2.39 bits per heavy atom. The molecule has 4 N–H and O–H groups in total. The fourth-order valence-corrected chi connectivity index (χ4v) is 2.33. The third-order valence-electron chi connectivity index (χ3n) is 3.24. The van der Waals surface area contributed by atoms with E-state index < -0.39 is 0 Å². The van der Waals surface area contributed by atoms with E-state index >= 15 is 0 Å². The highest BCUT2D eigenvalue weighted by Crippen LogP contribution is 2.34. The summed E-state index contributed by atoms with van der Waals surface area (Å²) in [7, 11) is 1.56. The number of ether oxygens (including phenoxy) is 1. The lowest BCUT2D eigenvalue weighted by molar-refractivity contribution is 0.238. The number of nitrogen functional groups attached to an aromatic ring is 1. The van der Waals surface area contributed by atoms with Crippen LogP contribution in [0.2, 0.25) is 0 Å². The highest BCUT2D eigenvalue weighted by atomic mass is 16.5. The summed E-state index contributed by atoms with van der Waals surface area (Å²) in [4.78, 5) is 10.3. The predicted octanol–water partition coefficient (Wildman–Crippen LogP) is 0.122. The van der Waals surface area contributed by atoms with Crippen LogP contribution in [-0.2, 0) is 0 Å². The van der Waals surface area contributed by atoms with Crippen LogP contribution in [0.15, 0.2) is 6.33 Å². The molecule has 7 heteroatoms. The van der Waals surface area contributed by atoms with Gasteiger partial charge < -0.3 is 20.2 Å². The Kier molecular flexibility index (Phi) is 4.16. The van der Waals surface area contributed by atoms with Crippen LogP contribution in [0.4, 0.5) is 11.6 Å². The molecule has 1 saturated heterocycles. The normalized spacial score (nSPS) is 19.7. The number of anilines is 2. The van der Waals surface area contributed by atoms with Crippen molar-refractivity contribution in [1.29, 1.82) is 0 Å². The van der Waals surface area contributed by atoms with E-state index in [2.05, 4.69) is 20.3 Å². The van der Waals surface area contributed by atoms with Crippen LogP contribution in [0.25, 0.3) is 0 Å². The van der Waals surface area contributed by atoms with Crippen molar-refractivity contribution in [3.63, 3.8) is 0 Å². The number of hydrazine groups is 1. The smallest absolute Gasteiger partial charge is 0.205 e. The molecule has 1 aromatic rings. The van der Waals surface area contributed by atoms with E-state index in [0.29, 0.717) is 17.4 Å². The van der Waals surface area contributed by atoms with Crippen LogP contribution >= 0.6 is 0 Å². The monoisotopic (exact) mass is 253 g/mol. The van der Waals surface area contributed by atoms with Gasteiger partial charge in [-0.25, -0.2) is 15.8 Å². The van der Waals surface area contributed by atoms with E-state index in [4.69, 9.17) is 10.6 Å². The maximum Gasteiger partial charge on any atom is 0.205 e. The molecule has 1 aliphatic rings. The van der Waals surface area contributed by atoms with Gasteiger partial charge in [-0.05, 0) is 19.3 Å². The number of aliphatic hydroxyl groups excluding tert-OH is 1. The van der Waals surface area contributed by atoms with Crippen molar-refractivity contribution in [2.75, 3.05) is 30.6 Å². The predicted molar refractivity (Wildman–Crippen MR) is 68.5 cm³/mol. The Labute approximate surface area is 106 Å². The number of piperidine rings is 1. The minimum atomic E-state index is 0.0770. The van der Waals surface area contributed by atoms with E-state index in [1.54, 1.807) is 7.11 Å². The Hall–Kier alpha value is -1.60. The molecule has 2 rings (SSSR count). The third-order valence-corrected chi connectivity index (χ3v) is 3.24. The third kappa shape index (κ3) is 2.32. The molecule has 0 amide bonds. The van der Waals surface area contributed by atoms with E-state index in [-0.39, 0.29) is 12.6 Å². The first-order valence-electron chi connectivity index (χ1n) is 6.05. The van der Waals surface area contributed by atoms with Crippen molar-refractivity contribution >= 4 is 11.6 Å². The second kappa shape index (κ2) is 5.83. The van der Waals surface area contributed by atoms with E-state index in [1.807, 2.05) is 0 Å². The Balaban J connectivity index is 2.36. The fourth-order valence-electron chi connectivity index (χ4n) is 2.33. The molecule has 0 aliphatic carbocycles. The Morgan fingerprint density at radius 1 is 1.56 bits per heavy atom. The highest BCUT2D eigenvalue weighted by Gasteiger charge is 2.26. The van der Waals surface area contributed by atoms with E-state index in [1.165, 1.54) is 6.33 Å². The number of aliphatic hydroxyl groups is 1. The number of nitrogens with two attached hydrogens (primary N) is 1. The van der Waals surface area contributed by atoms with Gasteiger partial charge in [0.2, 0.25) is 5.75 Å². The average molecular weight is 253 g/mol. The van der Waals surface area contributed by atoms with Crippen molar-refractivity contribution in [3.8, 4) is 5.75 Å². The van der Waals surface area contributed by atoms with Crippen molar-refractivity contribution < 1.29 is 9.84 Å². The zero-order valence-corrected chi connectivity index (χ0v) is 10.5. The van der Waals surface area contributed by atoms with Crippen LogP contribution in [0.3, 0.4) is 0 Å². The molecule has 0 spiro atoms. The summed E-state index contributed by atoms with van der Waals surface area (Å²) in [5.74, 6) is 7.05. The summed E-state index contributed by atoms with van der Waals surface area (Å²) in [5.41, 5.74) is 2.49. The van der Waals surface area contributed by atoms with Gasteiger partial charge >= 0.3 is 0 Å². The second-order valence-corrected chi connectivity index (χ2v) is 4.25. The summed E-state index contributed by atoms with van der Waals surface area (Å²) >= 11 is 0. The van der Waals surface area contributed by atoms with Crippen LogP contribution in [0.5, 0.6) is 5.75 Å². The number of methoxy groups -OCH3 is 1. The van der Waals surface area contributed by atoms with Crippen LogP contribution in [0, 0.1) is 0 Å². The first-order chi connectivity index (χ1) is 8.81. The van der Waals surface area contributed by atoms with Gasteiger partial charge in [0.1, 0.15) is 6.33 Å². The average Bonchev–Trinajstić information content (AvgIpc) is 2.46. The van der Waals surface area contributed by atoms with Crippen molar-refractivity contribution in [2.24, 2.45) is 5.84 Å². The van der Waals surface area contributed by atoms with Crippen molar-refractivity contribution in [2.45, 2.75) is 25.3 Å². The van der Waals surface area contributed by atoms with Gasteiger partial charge in [-0.3, -0.25) is 0 Å². The number of hydrogen-bond acceptors (Lipinski definition) is 7. The number of nitrogens with one attached hydrogen (secondary N) is 1. The minimum absolute atomic E-state index is 0.0770. The van der Waals surface area contributed by atoms with Gasteiger partial charge in [-0.1, -0.05) is 0 Å². The first kappa shape index (κ1) is 12.8. The van der Waals surface area contributed by atoms with E-state index in [0.717, 1.165) is 25.8 Å². The molecule has 18 heavy (non-hydrogen) atoms. The molecule has 1 fully saturated rings. The zero-order valence-electron chi connectivity index (χ0n) is 10.5. The molecular weight excluding hydrogens is 234 g/mol. The second-order valence-electron chi connectivity index (χ2n) is 4.25. The highest BCUT2D eigenvalue weighted by molar-refractivity contribution is 5.64. The molecule has 2 heterocycles. The number of rotatable bonds is 4. The maximum atomic E-state index is 9.45. The van der Waals surface area contributed by atoms with Gasteiger partial charge in [0.05, 0.1) is 19.8 Å². The molecule has 7 nitrogen and oxygen atoms in total. The SMILES string of the molecule is COc1c(NN)ncnc1N1CCCCC1CO. The zero-order chi connectivity index (χ0) is 13.0. The summed E-state index contributed by atoms with van der Waals surface area (Å²) < 4.78 is 5.32. The van der Waals surface area contributed by atoms with Crippen LogP contribution in [-0.4, -0.2) is 41.4 Å². The summed E-state index contributed by atoms with van der Waals surface area (Å²) in [6.45, 7) is 0.959. The van der Waals surface area contributed by atoms with Gasteiger partial charge in [0.25, 0.3) is 0 Å². The van der Waals surface area contributed by atoms with Crippen LogP contribution < -0.4 is 20.9 Å². The van der Waals surface area contributed by atoms with Gasteiger partial charge in [-0.2, -0.15) is 0 Å². The summed E-state index contributed by atoms with van der Waals surface area (Å²) in [5, 5.41) is 9.45. The fraction of sp³-hybridized carbons (Fsp3) is 0.636. The molecule has 1 unspecified atom stereocenters. The molecule has 100 valence electrons. The van der Waals surface area contributed by atoms with Gasteiger partial charge in [-0.15, -0.1) is 0 Å². The Bertz CT molecular complexity index is 401. The standard InChI is InChI=1S/C11H19N5O2/c1-18-9-10(15-12)13-7-14-11(9)16-5-3-2-4-8(16)6-17/h7-8,17H,2-6,12H2,1H3,(H,13,14,15). The molecule has 1 atom stereocenters. The number of aromatic nitrogens is 2. The van der Waals surface area contributed by atoms with Gasteiger partial charge in [0, 0.05) is 6.54 Å². The van der Waals surface area contributed by atoms with Crippen LogP contribution in [0.1, 0.15) is 19.3 Å². The molecule has 1 aliphatic heterocycles. The first-order valence-corrected chi connectivity index (χ1v) is 6.05. The Morgan fingerprint density at radius 3 is 3.06 bits per heavy atom. The number of hydrogen-bond donors (Lipinski definition) is 3. The van der Waals surface area contributed by atoms with Gasteiger partial charge in [0.15, 0.2) is 11.6 Å². The quantitative estimate of drug-likeness (QED) is 0.518. The summed E-state index contributed by atoms with van der Waals surface area (Å²) in [6.07, 6.45) is 4.59. The molecular formula is C11H19N5O2. The molecule has 0 radical (unpaired) electrons. The van der Waals surface area contributed by atoms with E-state index in [9.17, 15) is 5.11 Å². The lowest BCUT2D eigenvalue weighted by atomic mass is 10.0. The van der Waals surface area contributed by atoms with Crippen molar-refractivity contribution in [3.05, 3.63) is 6.33 Å². The molecule has 1 aromatic heterocycles. The molecule has 0 aromatic carbocycles. The largest absolute Gasteiger partial charge is 0.490 e. The van der Waals surface area contributed by atoms with Crippen molar-refractivity contribution in [1.82, 2.24) is 9.97 Å². The minimum Gasteiger partial charge on any atom is -0.490 e. The molecule has 0 bridgehead atoms. The molecule has 0 saturated carbocycles. The summed E-state index contributed by atoms with van der Waals surface area (Å²) in [6, 6.07) is 0.0770. The topological polar surface area (TPSA) is 96.5 Å². The lowest BCUT2D eigenvalue weighted by Gasteiger charge is -2.36. The maximum absolute atomic E-state index is 9.45.